The third-order valence-corrected chi connectivity index (χ3v) is 10.7. The van der Waals surface area contributed by atoms with Crippen LogP contribution in [0.15, 0.2) is 83.3 Å². The average molecular weight is 682 g/mol. The highest BCUT2D eigenvalue weighted by Crippen LogP contribution is 2.56. The number of amides is 2. The predicted octanol–water partition coefficient (Wildman–Crippen LogP) is 3.01. The molecule has 0 radical (unpaired) electrons. The number of ether oxygens (including phenoxy) is 1. The lowest BCUT2D eigenvalue weighted by molar-refractivity contribution is -0.162. The summed E-state index contributed by atoms with van der Waals surface area (Å²) in [5.41, 5.74) is 4.65. The summed E-state index contributed by atoms with van der Waals surface area (Å²) in [4.78, 5) is 54.4. The molecule has 0 aliphatic heterocycles. The van der Waals surface area contributed by atoms with E-state index in [2.05, 4.69) is 5.32 Å². The Hall–Kier alpha value is -5.50. The molecular weight excluding hydrogens is 646 g/mol. The number of anilines is 1. The molecule has 3 aromatic carbocycles. The first-order valence-electron chi connectivity index (χ1n) is 16.0. The number of carbonyl (C=O) groups excluding carboxylic acids is 4. The maximum absolute atomic E-state index is 14.1. The molecule has 2 amide bonds. The van der Waals surface area contributed by atoms with E-state index < -0.39 is 87.5 Å². The molecule has 8 N–H and O–H groups in total. The van der Waals surface area contributed by atoms with Crippen molar-refractivity contribution in [2.45, 2.75) is 36.5 Å². The van der Waals surface area contributed by atoms with Crippen molar-refractivity contribution in [2.75, 3.05) is 26.0 Å². The van der Waals surface area contributed by atoms with Gasteiger partial charge < -0.3 is 36.0 Å². The van der Waals surface area contributed by atoms with Crippen molar-refractivity contribution >= 4 is 29.3 Å². The Bertz CT molecular complexity index is 2040. The van der Waals surface area contributed by atoms with Crippen molar-refractivity contribution in [3.63, 3.8) is 0 Å². The Balaban J connectivity index is 1.21. The minimum absolute atomic E-state index is 0.0130. The molecule has 0 saturated heterocycles. The fraction of sp³-hybridized carbons (Fsp3) is 0.297. The Morgan fingerprint density at radius 1 is 0.940 bits per heavy atom. The normalized spacial score (nSPS) is 27.0. The summed E-state index contributed by atoms with van der Waals surface area (Å²) in [7, 11) is 2.93. The van der Waals surface area contributed by atoms with Crippen LogP contribution in [0.25, 0.3) is 11.1 Å². The fourth-order valence-corrected chi connectivity index (χ4v) is 8.47. The van der Waals surface area contributed by atoms with Gasteiger partial charge in [-0.15, -0.1) is 0 Å². The van der Waals surface area contributed by atoms with E-state index in [0.29, 0.717) is 0 Å². The predicted molar refractivity (Wildman–Crippen MR) is 178 cm³/mol. The van der Waals surface area contributed by atoms with Gasteiger partial charge in [-0.05, 0) is 53.9 Å². The van der Waals surface area contributed by atoms with E-state index in [4.69, 9.17) is 10.5 Å². The van der Waals surface area contributed by atoms with E-state index in [1.807, 2.05) is 48.5 Å². The molecule has 0 unspecified atom stereocenters. The van der Waals surface area contributed by atoms with Gasteiger partial charge in [0.2, 0.25) is 5.78 Å². The third kappa shape index (κ3) is 4.43. The quantitative estimate of drug-likeness (QED) is 0.153. The molecule has 0 fully saturated rings. The average Bonchev–Trinajstić information content (AvgIpc) is 3.39. The Labute approximate surface area is 285 Å². The number of hydrogen-bond donors (Lipinski definition) is 7. The number of primary amides is 1. The molecule has 0 bridgehead atoms. The van der Waals surface area contributed by atoms with Crippen LogP contribution in [-0.4, -0.2) is 92.4 Å². The number of carbonyl (C=O) groups is 4. The van der Waals surface area contributed by atoms with Gasteiger partial charge in [0, 0.05) is 17.4 Å². The highest BCUT2D eigenvalue weighted by molar-refractivity contribution is 6.25. The number of benzene rings is 3. The number of likely N-dealkylation sites (N-methyl/N-ethyl adjacent to an activating group) is 1. The van der Waals surface area contributed by atoms with Crippen molar-refractivity contribution in [1.82, 2.24) is 4.90 Å². The SMILES string of the molecule is C[C@H]1c2ccc(NC(=O)OCC3c4ccccc4-c4ccccc43)c(O)c2C(=O)C2=C(O)[C@]3(O)C(=O)C(C(N)=O)=C(O)[C@@H](N(C)C)[C@@H]3[C@@H](O)[C@@H]21. The summed E-state index contributed by atoms with van der Waals surface area (Å²) >= 11 is 0. The molecule has 7 rings (SSSR count). The first kappa shape index (κ1) is 33.0. The van der Waals surface area contributed by atoms with Crippen LogP contribution in [0.3, 0.4) is 0 Å². The van der Waals surface area contributed by atoms with Crippen molar-refractivity contribution < 1.29 is 49.4 Å². The summed E-state index contributed by atoms with van der Waals surface area (Å²) in [5, 5.41) is 60.0. The van der Waals surface area contributed by atoms with E-state index in [9.17, 15) is 44.7 Å². The minimum Gasteiger partial charge on any atom is -0.510 e. The van der Waals surface area contributed by atoms with Crippen molar-refractivity contribution in [1.29, 1.82) is 0 Å². The topological polar surface area (TPSA) is 220 Å². The number of hydrogen-bond acceptors (Lipinski definition) is 11. The second-order valence-corrected chi connectivity index (χ2v) is 13.4. The van der Waals surface area contributed by atoms with Crippen LogP contribution in [-0.2, 0) is 14.3 Å². The monoisotopic (exact) mass is 681 g/mol. The van der Waals surface area contributed by atoms with Gasteiger partial charge in [-0.3, -0.25) is 24.6 Å². The summed E-state index contributed by atoms with van der Waals surface area (Å²) in [5.74, 6) is -10.3. The van der Waals surface area contributed by atoms with E-state index in [0.717, 1.165) is 22.3 Å². The zero-order valence-electron chi connectivity index (χ0n) is 27.2. The number of nitrogens with two attached hydrogens (primary N) is 1. The van der Waals surface area contributed by atoms with Gasteiger partial charge in [-0.2, -0.15) is 0 Å². The Morgan fingerprint density at radius 3 is 2.12 bits per heavy atom. The van der Waals surface area contributed by atoms with E-state index in [1.54, 1.807) is 6.92 Å². The number of aliphatic hydroxyl groups excluding tert-OH is 3. The van der Waals surface area contributed by atoms with Gasteiger partial charge in [0.15, 0.2) is 17.1 Å². The van der Waals surface area contributed by atoms with Crippen molar-refractivity contribution in [2.24, 2.45) is 17.6 Å². The molecule has 0 saturated carbocycles. The molecule has 50 heavy (non-hydrogen) atoms. The summed E-state index contributed by atoms with van der Waals surface area (Å²) < 4.78 is 5.59. The maximum atomic E-state index is 14.1. The number of rotatable bonds is 5. The minimum atomic E-state index is -3.03. The summed E-state index contributed by atoms with van der Waals surface area (Å²) in [6, 6.07) is 17.1. The molecule has 0 spiro atoms. The number of nitrogens with one attached hydrogen (secondary N) is 1. The molecule has 6 atom stereocenters. The summed E-state index contributed by atoms with van der Waals surface area (Å²) in [6.45, 7) is 1.61. The standard InChI is InChI=1S/C37H35N3O10/c1-15-16-12-13-22(39-36(48)50-14-21-19-10-6-4-8-17(19)18-9-5-7-11-20(18)21)29(41)24(16)30(42)25-23(15)31(43)27-28(40(2)3)32(44)26(35(38)47)34(46)37(27,49)33(25)45/h4-13,15,21,23,27-28,31,41,43-45,49H,14H2,1-3H3,(H2,38,47)(H,39,48)/t15-,23+,27+,28-,31-,37-/m0/s1. The van der Waals surface area contributed by atoms with E-state index in [1.165, 1.54) is 31.1 Å². The zero-order chi connectivity index (χ0) is 36.0. The molecule has 4 aliphatic rings. The molecular formula is C37H35N3O10. The number of fused-ring (bicyclic) bond motifs is 6. The lowest BCUT2D eigenvalue weighted by atomic mass is 9.55. The van der Waals surface area contributed by atoms with Gasteiger partial charge in [-0.1, -0.05) is 61.5 Å². The van der Waals surface area contributed by atoms with Gasteiger partial charge in [-0.25, -0.2) is 4.79 Å². The molecule has 4 aliphatic carbocycles. The fourth-order valence-electron chi connectivity index (χ4n) is 8.47. The number of Topliss-reactive ketones (excluding diaryl/α,β-unsaturated/α-hetero) is 2. The molecule has 258 valence electrons. The number of aliphatic hydroxyl groups is 4. The van der Waals surface area contributed by atoms with Crippen LogP contribution < -0.4 is 11.1 Å². The van der Waals surface area contributed by atoms with Gasteiger partial charge >= 0.3 is 6.09 Å². The maximum Gasteiger partial charge on any atom is 0.411 e. The van der Waals surface area contributed by atoms with Gasteiger partial charge in [0.05, 0.1) is 29.3 Å². The second kappa shape index (κ2) is 11.5. The van der Waals surface area contributed by atoms with Crippen LogP contribution in [0, 0.1) is 11.8 Å². The smallest absolute Gasteiger partial charge is 0.411 e. The number of phenolic OH excluding ortho intramolecular Hbond substituents is 1. The van der Waals surface area contributed by atoms with Crippen LogP contribution in [0.1, 0.15) is 45.8 Å². The Kier molecular flexibility index (Phi) is 7.62. The number of ketones is 2. The highest BCUT2D eigenvalue weighted by atomic mass is 16.5. The van der Waals surface area contributed by atoms with Crippen LogP contribution >= 0.6 is 0 Å². The Morgan fingerprint density at radius 2 is 1.54 bits per heavy atom. The first-order valence-corrected chi connectivity index (χ1v) is 16.0. The number of nitrogens with zero attached hydrogens (tertiary/aromatic N) is 1. The number of aromatic hydroxyl groups is 1. The third-order valence-electron chi connectivity index (χ3n) is 10.7. The van der Waals surface area contributed by atoms with Crippen LogP contribution in [0.4, 0.5) is 10.5 Å². The highest BCUT2D eigenvalue weighted by Gasteiger charge is 2.67. The first-order chi connectivity index (χ1) is 23.7. The van der Waals surface area contributed by atoms with Crippen molar-refractivity contribution in [3.8, 4) is 16.9 Å². The lowest BCUT2D eigenvalue weighted by Gasteiger charge is -2.53. The molecule has 0 heterocycles. The second-order valence-electron chi connectivity index (χ2n) is 13.4. The largest absolute Gasteiger partial charge is 0.510 e. The lowest BCUT2D eigenvalue weighted by Crippen LogP contribution is -2.68. The van der Waals surface area contributed by atoms with Crippen LogP contribution in [0.2, 0.25) is 0 Å². The van der Waals surface area contributed by atoms with Gasteiger partial charge in [0.25, 0.3) is 5.91 Å². The molecule has 3 aromatic rings. The van der Waals surface area contributed by atoms with E-state index in [-0.39, 0.29) is 29.3 Å². The van der Waals surface area contributed by atoms with E-state index >= 15 is 0 Å². The molecule has 13 heteroatoms. The summed E-state index contributed by atoms with van der Waals surface area (Å²) in [6.07, 6.45) is -2.62. The van der Waals surface area contributed by atoms with Crippen LogP contribution in [0.5, 0.6) is 5.75 Å². The number of phenols is 1. The van der Waals surface area contributed by atoms with Crippen molar-refractivity contribution in [3.05, 3.63) is 106 Å². The van der Waals surface area contributed by atoms with Gasteiger partial charge in [0.1, 0.15) is 23.7 Å². The molecule has 13 nitrogen and oxygen atoms in total. The zero-order valence-corrected chi connectivity index (χ0v) is 27.2. The molecule has 0 aromatic heterocycles.